The molecule has 5 heteroatoms. The zero-order valence-corrected chi connectivity index (χ0v) is 12.4. The summed E-state index contributed by atoms with van der Waals surface area (Å²) in [5, 5.41) is 1.29. The molecule has 1 aromatic carbocycles. The normalized spacial score (nSPS) is 10.3. The first-order valence-electron chi connectivity index (χ1n) is 5.19. The molecule has 18 heavy (non-hydrogen) atoms. The lowest BCUT2D eigenvalue weighted by atomic mass is 10.1. The third-order valence-corrected chi connectivity index (χ3v) is 4.48. The fourth-order valence-corrected chi connectivity index (χ4v) is 2.98. The quantitative estimate of drug-likeness (QED) is 0.606. The van der Waals surface area contributed by atoms with Crippen molar-refractivity contribution >= 4 is 45.1 Å². The summed E-state index contributed by atoms with van der Waals surface area (Å²) in [7, 11) is 0. The Morgan fingerprint density at radius 3 is 2.78 bits per heavy atom. The molecular weight excluding hydrogens is 334 g/mol. The number of carbonyl (C=O) groups is 1. The van der Waals surface area contributed by atoms with E-state index in [-0.39, 0.29) is 5.78 Å². The zero-order valence-electron chi connectivity index (χ0n) is 9.27. The summed E-state index contributed by atoms with van der Waals surface area (Å²) in [6.45, 7) is 0. The minimum absolute atomic E-state index is 0.00292. The third-order valence-electron chi connectivity index (χ3n) is 2.24. The monoisotopic (exact) mass is 341 g/mol. The van der Waals surface area contributed by atoms with Crippen molar-refractivity contribution in [3.8, 4) is 0 Å². The summed E-state index contributed by atoms with van der Waals surface area (Å²) < 4.78 is 0.891. The Morgan fingerprint density at radius 1 is 1.28 bits per heavy atom. The molecule has 0 saturated carbocycles. The highest BCUT2D eigenvalue weighted by molar-refractivity contribution is 9.10. The van der Waals surface area contributed by atoms with Crippen LogP contribution in [0.25, 0.3) is 0 Å². The van der Waals surface area contributed by atoms with Crippen LogP contribution in [0, 0.1) is 0 Å². The van der Waals surface area contributed by atoms with E-state index in [1.807, 2.05) is 18.2 Å². The van der Waals surface area contributed by atoms with Crippen LogP contribution in [0.1, 0.15) is 10.4 Å². The van der Waals surface area contributed by atoms with E-state index in [2.05, 4.69) is 20.9 Å². The van der Waals surface area contributed by atoms with Gasteiger partial charge < -0.3 is 0 Å². The maximum Gasteiger partial charge on any atom is 0.174 e. The van der Waals surface area contributed by atoms with Gasteiger partial charge in [-0.25, -0.2) is 4.98 Å². The highest BCUT2D eigenvalue weighted by Crippen LogP contribution is 2.26. The molecule has 2 nitrogen and oxygen atoms in total. The van der Waals surface area contributed by atoms with Crippen molar-refractivity contribution in [1.82, 2.24) is 4.98 Å². The van der Waals surface area contributed by atoms with E-state index in [9.17, 15) is 4.79 Å². The van der Waals surface area contributed by atoms with Gasteiger partial charge >= 0.3 is 0 Å². The van der Waals surface area contributed by atoms with Gasteiger partial charge in [0.1, 0.15) is 5.03 Å². The predicted molar refractivity (Wildman–Crippen MR) is 78.4 cm³/mol. The highest BCUT2D eigenvalue weighted by Gasteiger charge is 2.11. The van der Waals surface area contributed by atoms with Crippen molar-refractivity contribution < 1.29 is 4.79 Å². The van der Waals surface area contributed by atoms with Crippen molar-refractivity contribution in [2.24, 2.45) is 0 Å². The average Bonchev–Trinajstić information content (AvgIpc) is 2.38. The van der Waals surface area contributed by atoms with E-state index in [1.54, 1.807) is 24.4 Å². The molecule has 0 aliphatic rings. The number of rotatable bonds is 4. The molecule has 1 heterocycles. The fraction of sp³-hybridized carbons (Fsp3) is 0.0769. The molecule has 0 spiro atoms. The summed E-state index contributed by atoms with van der Waals surface area (Å²) >= 11 is 10.8. The number of hydrogen-bond donors (Lipinski definition) is 0. The van der Waals surface area contributed by atoms with E-state index < -0.39 is 0 Å². The molecule has 1 aromatic heterocycles. The Labute approximate surface area is 123 Å². The van der Waals surface area contributed by atoms with Gasteiger partial charge in [0, 0.05) is 16.2 Å². The maximum atomic E-state index is 12.0. The molecular formula is C13H9BrClNOS. The Hall–Kier alpha value is -0.840. The summed E-state index contributed by atoms with van der Waals surface area (Å²) in [5.74, 6) is 0.322. The molecule has 2 aromatic rings. The first-order chi connectivity index (χ1) is 8.68. The summed E-state index contributed by atoms with van der Waals surface area (Å²) in [6, 6.07) is 10.8. The largest absolute Gasteiger partial charge is 0.293 e. The van der Waals surface area contributed by atoms with Crippen molar-refractivity contribution in [2.45, 2.75) is 5.03 Å². The molecule has 0 unspecified atom stereocenters. The van der Waals surface area contributed by atoms with Gasteiger partial charge in [0.2, 0.25) is 0 Å². The van der Waals surface area contributed by atoms with Crippen LogP contribution >= 0.6 is 39.3 Å². The van der Waals surface area contributed by atoms with Crippen LogP contribution in [-0.2, 0) is 0 Å². The van der Waals surface area contributed by atoms with Crippen molar-refractivity contribution in [1.29, 1.82) is 0 Å². The Morgan fingerprint density at radius 2 is 2.06 bits per heavy atom. The van der Waals surface area contributed by atoms with Gasteiger partial charge in [-0.3, -0.25) is 4.79 Å². The Balaban J connectivity index is 2.06. The molecule has 0 bridgehead atoms. The molecule has 0 fully saturated rings. The summed E-state index contributed by atoms with van der Waals surface area (Å²) in [5.41, 5.74) is 0.554. The Kier molecular flexibility index (Phi) is 4.80. The second-order valence-corrected chi connectivity index (χ2v) is 5.71. The lowest BCUT2D eigenvalue weighted by Crippen LogP contribution is -2.03. The van der Waals surface area contributed by atoms with E-state index in [1.165, 1.54) is 11.8 Å². The molecule has 0 N–H and O–H groups in total. The van der Waals surface area contributed by atoms with Gasteiger partial charge in [-0.1, -0.05) is 35.5 Å². The van der Waals surface area contributed by atoms with Crippen LogP contribution in [0.4, 0.5) is 0 Å². The minimum Gasteiger partial charge on any atom is -0.293 e. The van der Waals surface area contributed by atoms with Crippen molar-refractivity contribution in [3.63, 3.8) is 0 Å². The first-order valence-corrected chi connectivity index (χ1v) is 7.35. The van der Waals surface area contributed by atoms with Crippen LogP contribution in [0.5, 0.6) is 0 Å². The van der Waals surface area contributed by atoms with Crippen LogP contribution in [0.15, 0.2) is 52.1 Å². The SMILES string of the molecule is O=C(CSc1ncccc1Br)c1ccccc1Cl. The molecule has 2 rings (SSSR count). The van der Waals surface area contributed by atoms with Crippen molar-refractivity contribution in [3.05, 3.63) is 57.7 Å². The number of carbonyl (C=O) groups excluding carboxylic acids is 1. The second-order valence-electron chi connectivity index (χ2n) is 3.48. The number of aromatic nitrogens is 1. The van der Waals surface area contributed by atoms with E-state index in [0.29, 0.717) is 16.3 Å². The number of thioether (sulfide) groups is 1. The lowest BCUT2D eigenvalue weighted by Gasteiger charge is -2.04. The number of hydrogen-bond acceptors (Lipinski definition) is 3. The molecule has 0 amide bonds. The summed E-state index contributed by atoms with van der Waals surface area (Å²) in [4.78, 5) is 16.2. The van der Waals surface area contributed by atoms with Gasteiger partial charge in [-0.15, -0.1) is 0 Å². The third kappa shape index (κ3) is 3.34. The molecule has 0 saturated heterocycles. The van der Waals surface area contributed by atoms with Crippen LogP contribution in [0.2, 0.25) is 5.02 Å². The topological polar surface area (TPSA) is 30.0 Å². The summed E-state index contributed by atoms with van der Waals surface area (Å²) in [6.07, 6.45) is 1.70. The first kappa shape index (κ1) is 13.6. The standard InChI is InChI=1S/C13H9BrClNOS/c14-10-5-3-7-16-13(10)18-8-12(17)9-4-1-2-6-11(9)15/h1-7H,8H2. The minimum atomic E-state index is 0.00292. The van der Waals surface area contributed by atoms with Gasteiger partial charge in [-0.2, -0.15) is 0 Å². The maximum absolute atomic E-state index is 12.0. The molecule has 92 valence electrons. The van der Waals surface area contributed by atoms with Gasteiger partial charge in [-0.05, 0) is 40.2 Å². The fourth-order valence-electron chi connectivity index (χ4n) is 1.38. The Bertz CT molecular complexity index is 576. The van der Waals surface area contributed by atoms with E-state index in [0.717, 1.165) is 9.50 Å². The molecule has 0 radical (unpaired) electrons. The molecule has 0 atom stereocenters. The van der Waals surface area contributed by atoms with Gasteiger partial charge in [0.25, 0.3) is 0 Å². The van der Waals surface area contributed by atoms with Crippen LogP contribution in [0.3, 0.4) is 0 Å². The molecule has 0 aliphatic heterocycles. The zero-order chi connectivity index (χ0) is 13.0. The number of nitrogens with zero attached hydrogens (tertiary/aromatic N) is 1. The number of pyridine rings is 1. The van der Waals surface area contributed by atoms with E-state index >= 15 is 0 Å². The van der Waals surface area contributed by atoms with E-state index in [4.69, 9.17) is 11.6 Å². The van der Waals surface area contributed by atoms with Gasteiger partial charge in [0.15, 0.2) is 5.78 Å². The second kappa shape index (κ2) is 6.36. The number of Topliss-reactive ketones (excluding diaryl/α,β-unsaturated/α-hetero) is 1. The lowest BCUT2D eigenvalue weighted by molar-refractivity contribution is 0.102. The number of halogens is 2. The molecule has 0 aliphatic carbocycles. The van der Waals surface area contributed by atoms with Crippen LogP contribution < -0.4 is 0 Å². The number of ketones is 1. The smallest absolute Gasteiger partial charge is 0.174 e. The number of benzene rings is 1. The van der Waals surface area contributed by atoms with Crippen LogP contribution in [-0.4, -0.2) is 16.5 Å². The highest BCUT2D eigenvalue weighted by atomic mass is 79.9. The van der Waals surface area contributed by atoms with Crippen molar-refractivity contribution in [2.75, 3.05) is 5.75 Å². The average molecular weight is 343 g/mol. The predicted octanol–water partition coefficient (Wildman–Crippen LogP) is 4.47. The van der Waals surface area contributed by atoms with Gasteiger partial charge in [0.05, 0.1) is 10.8 Å².